The van der Waals surface area contributed by atoms with Crippen molar-refractivity contribution < 1.29 is 9.59 Å². The molecular formula is C21H18BrN3O2. The minimum absolute atomic E-state index is 0.179. The van der Waals surface area contributed by atoms with Gasteiger partial charge in [0.15, 0.2) is 0 Å². The van der Waals surface area contributed by atoms with Gasteiger partial charge in [-0.3, -0.25) is 14.6 Å². The summed E-state index contributed by atoms with van der Waals surface area (Å²) in [5.41, 5.74) is 2.34. The van der Waals surface area contributed by atoms with Crippen molar-refractivity contribution in [2.45, 2.75) is 6.54 Å². The van der Waals surface area contributed by atoms with Crippen molar-refractivity contribution >= 4 is 33.4 Å². The fourth-order valence-electron chi connectivity index (χ4n) is 2.66. The SMILES string of the molecule is CN(Cc1cccnc1)C(=O)c1ccccc1NC(=O)c1ccccc1Br. The molecule has 0 fully saturated rings. The first kappa shape index (κ1) is 18.8. The van der Waals surface area contributed by atoms with E-state index in [4.69, 9.17) is 0 Å². The largest absolute Gasteiger partial charge is 0.337 e. The van der Waals surface area contributed by atoms with E-state index in [9.17, 15) is 9.59 Å². The van der Waals surface area contributed by atoms with E-state index in [1.54, 1.807) is 66.8 Å². The molecule has 5 nitrogen and oxygen atoms in total. The Labute approximate surface area is 166 Å². The Hall–Kier alpha value is -2.99. The van der Waals surface area contributed by atoms with Crippen LogP contribution >= 0.6 is 15.9 Å². The van der Waals surface area contributed by atoms with Gasteiger partial charge in [0.05, 0.1) is 16.8 Å². The summed E-state index contributed by atoms with van der Waals surface area (Å²) in [5.74, 6) is -0.459. The Bertz CT molecular complexity index is 960. The summed E-state index contributed by atoms with van der Waals surface area (Å²) in [6, 6.07) is 17.9. The van der Waals surface area contributed by atoms with Crippen molar-refractivity contribution in [1.82, 2.24) is 9.88 Å². The van der Waals surface area contributed by atoms with Gasteiger partial charge in [-0.05, 0) is 51.8 Å². The standard InChI is InChI=1S/C21H18BrN3O2/c1-25(14-15-7-6-12-23-13-15)21(27)17-9-3-5-11-19(17)24-20(26)16-8-2-4-10-18(16)22/h2-13H,14H2,1H3,(H,24,26). The fraction of sp³-hybridized carbons (Fsp3) is 0.0952. The molecule has 0 saturated heterocycles. The molecule has 1 heterocycles. The van der Waals surface area contributed by atoms with Crippen molar-refractivity contribution in [3.63, 3.8) is 0 Å². The maximum Gasteiger partial charge on any atom is 0.256 e. The third kappa shape index (κ3) is 4.60. The monoisotopic (exact) mass is 423 g/mol. The van der Waals surface area contributed by atoms with Crippen LogP contribution in [0, 0.1) is 0 Å². The van der Waals surface area contributed by atoms with Crippen LogP contribution in [-0.2, 0) is 6.54 Å². The first-order valence-corrected chi connectivity index (χ1v) is 9.15. The molecule has 0 radical (unpaired) electrons. The second-order valence-electron chi connectivity index (χ2n) is 6.00. The number of rotatable bonds is 5. The summed E-state index contributed by atoms with van der Waals surface area (Å²) in [4.78, 5) is 31.2. The van der Waals surface area contributed by atoms with Crippen LogP contribution in [-0.4, -0.2) is 28.7 Å². The Kier molecular flexibility index (Phi) is 5.98. The highest BCUT2D eigenvalue weighted by Crippen LogP contribution is 2.21. The number of nitrogens with zero attached hydrogens (tertiary/aromatic N) is 2. The van der Waals surface area contributed by atoms with E-state index >= 15 is 0 Å². The van der Waals surface area contributed by atoms with Crippen molar-refractivity contribution in [3.05, 3.63) is 94.2 Å². The number of halogens is 1. The molecule has 1 aromatic heterocycles. The molecular weight excluding hydrogens is 406 g/mol. The summed E-state index contributed by atoms with van der Waals surface area (Å²) in [6.45, 7) is 0.430. The molecule has 0 aliphatic carbocycles. The molecule has 2 aromatic carbocycles. The first-order valence-electron chi connectivity index (χ1n) is 8.35. The highest BCUT2D eigenvalue weighted by molar-refractivity contribution is 9.10. The number of aromatic nitrogens is 1. The number of nitrogens with one attached hydrogen (secondary N) is 1. The van der Waals surface area contributed by atoms with Crippen molar-refractivity contribution in [2.24, 2.45) is 0 Å². The summed E-state index contributed by atoms with van der Waals surface area (Å²) in [7, 11) is 1.72. The fourth-order valence-corrected chi connectivity index (χ4v) is 3.12. The average molecular weight is 424 g/mol. The predicted octanol–water partition coefficient (Wildman–Crippen LogP) is 4.37. The van der Waals surface area contributed by atoms with Gasteiger partial charge in [0.1, 0.15) is 0 Å². The summed E-state index contributed by atoms with van der Waals surface area (Å²) < 4.78 is 0.694. The minimum Gasteiger partial charge on any atom is -0.337 e. The smallest absolute Gasteiger partial charge is 0.256 e. The molecule has 3 rings (SSSR count). The van der Waals surface area contributed by atoms with Gasteiger partial charge in [0.25, 0.3) is 11.8 Å². The summed E-state index contributed by atoms with van der Waals surface area (Å²) in [6.07, 6.45) is 3.42. The zero-order chi connectivity index (χ0) is 19.2. The molecule has 136 valence electrons. The maximum atomic E-state index is 12.9. The number of para-hydroxylation sites is 1. The molecule has 0 spiro atoms. The molecule has 1 N–H and O–H groups in total. The maximum absolute atomic E-state index is 12.9. The van der Waals surface area contributed by atoms with E-state index in [1.165, 1.54) is 0 Å². The lowest BCUT2D eigenvalue weighted by Crippen LogP contribution is -2.27. The van der Waals surface area contributed by atoms with Gasteiger partial charge in [0, 0.05) is 30.5 Å². The second-order valence-corrected chi connectivity index (χ2v) is 6.86. The lowest BCUT2D eigenvalue weighted by atomic mass is 10.1. The molecule has 0 unspecified atom stereocenters. The van der Waals surface area contributed by atoms with E-state index in [2.05, 4.69) is 26.2 Å². The van der Waals surface area contributed by atoms with Crippen molar-refractivity contribution in [2.75, 3.05) is 12.4 Å². The number of carbonyl (C=O) groups is 2. The third-order valence-corrected chi connectivity index (χ3v) is 4.70. The van der Waals surface area contributed by atoms with Gasteiger partial charge in [-0.25, -0.2) is 0 Å². The number of carbonyl (C=O) groups excluding carboxylic acids is 2. The zero-order valence-corrected chi connectivity index (χ0v) is 16.3. The molecule has 0 atom stereocenters. The van der Waals surface area contributed by atoms with E-state index in [0.717, 1.165) is 5.56 Å². The van der Waals surface area contributed by atoms with Crippen LogP contribution in [0.15, 0.2) is 77.5 Å². The molecule has 0 saturated carbocycles. The van der Waals surface area contributed by atoms with E-state index < -0.39 is 0 Å². The van der Waals surface area contributed by atoms with Crippen LogP contribution in [0.1, 0.15) is 26.3 Å². The molecule has 2 amide bonds. The molecule has 0 aliphatic rings. The van der Waals surface area contributed by atoms with Gasteiger partial charge in [-0.1, -0.05) is 30.3 Å². The number of amides is 2. The van der Waals surface area contributed by atoms with Crippen LogP contribution < -0.4 is 5.32 Å². The Morgan fingerprint density at radius 3 is 2.41 bits per heavy atom. The minimum atomic E-state index is -0.280. The summed E-state index contributed by atoms with van der Waals surface area (Å²) in [5, 5.41) is 2.84. The Morgan fingerprint density at radius 2 is 1.70 bits per heavy atom. The van der Waals surface area contributed by atoms with Gasteiger partial charge >= 0.3 is 0 Å². The summed E-state index contributed by atoms with van der Waals surface area (Å²) >= 11 is 3.38. The van der Waals surface area contributed by atoms with Gasteiger partial charge in [-0.2, -0.15) is 0 Å². The quantitative estimate of drug-likeness (QED) is 0.662. The topological polar surface area (TPSA) is 62.3 Å². The van der Waals surface area contributed by atoms with Crippen LogP contribution in [0.4, 0.5) is 5.69 Å². The van der Waals surface area contributed by atoms with Crippen LogP contribution in [0.3, 0.4) is 0 Å². The van der Waals surface area contributed by atoms with Crippen LogP contribution in [0.5, 0.6) is 0 Å². The van der Waals surface area contributed by atoms with Crippen molar-refractivity contribution in [1.29, 1.82) is 0 Å². The first-order chi connectivity index (χ1) is 13.1. The normalized spacial score (nSPS) is 10.3. The highest BCUT2D eigenvalue weighted by Gasteiger charge is 2.18. The zero-order valence-electron chi connectivity index (χ0n) is 14.7. The van der Waals surface area contributed by atoms with Crippen LogP contribution in [0.25, 0.3) is 0 Å². The van der Waals surface area contributed by atoms with E-state index in [0.29, 0.717) is 27.8 Å². The van der Waals surface area contributed by atoms with Crippen molar-refractivity contribution in [3.8, 4) is 0 Å². The van der Waals surface area contributed by atoms with Gasteiger partial charge in [-0.15, -0.1) is 0 Å². The van der Waals surface area contributed by atoms with Gasteiger partial charge < -0.3 is 10.2 Å². The number of hydrogen-bond acceptors (Lipinski definition) is 3. The predicted molar refractivity (Wildman–Crippen MR) is 109 cm³/mol. The number of anilines is 1. The van der Waals surface area contributed by atoms with Gasteiger partial charge in [0.2, 0.25) is 0 Å². The number of pyridine rings is 1. The molecule has 0 aliphatic heterocycles. The molecule has 0 bridgehead atoms. The van der Waals surface area contributed by atoms with E-state index in [-0.39, 0.29) is 11.8 Å². The van der Waals surface area contributed by atoms with Crippen LogP contribution in [0.2, 0.25) is 0 Å². The highest BCUT2D eigenvalue weighted by atomic mass is 79.9. The molecule has 6 heteroatoms. The Morgan fingerprint density at radius 1 is 1.00 bits per heavy atom. The van der Waals surface area contributed by atoms with E-state index in [1.807, 2.05) is 18.2 Å². The lowest BCUT2D eigenvalue weighted by Gasteiger charge is -2.19. The molecule has 27 heavy (non-hydrogen) atoms. The average Bonchev–Trinajstić information content (AvgIpc) is 2.69. The third-order valence-electron chi connectivity index (χ3n) is 4.01. The number of benzene rings is 2. The lowest BCUT2D eigenvalue weighted by molar-refractivity contribution is 0.0786. The number of hydrogen-bond donors (Lipinski definition) is 1. The molecule has 3 aromatic rings. The Balaban J connectivity index is 1.80. The second kappa shape index (κ2) is 8.60.